The summed E-state index contributed by atoms with van der Waals surface area (Å²) in [6.45, 7) is 7.89. The first-order valence-corrected chi connectivity index (χ1v) is 14.2. The Hall–Kier alpha value is -5.12. The first-order valence-electron chi connectivity index (χ1n) is 14.2. The number of esters is 1. The number of hydrogen-bond donors (Lipinski definition) is 5. The topological polar surface area (TPSA) is 141 Å². The second kappa shape index (κ2) is 14.2. The zero-order chi connectivity index (χ0) is 30.9. The highest BCUT2D eigenvalue weighted by Crippen LogP contribution is 2.22. The fourth-order valence-corrected chi connectivity index (χ4v) is 4.60. The molecule has 1 heterocycles. The van der Waals surface area contributed by atoms with Crippen LogP contribution in [0.2, 0.25) is 0 Å². The summed E-state index contributed by atoms with van der Waals surface area (Å²) >= 11 is 0. The number of rotatable bonds is 11. The number of benzene rings is 3. The molecule has 224 valence electrons. The lowest BCUT2D eigenvalue weighted by molar-refractivity contribution is -0.126. The van der Waals surface area contributed by atoms with Gasteiger partial charge in [0, 0.05) is 28.0 Å². The second-order valence-electron chi connectivity index (χ2n) is 10.7. The Bertz CT molecular complexity index is 1610. The van der Waals surface area contributed by atoms with Crippen molar-refractivity contribution in [2.45, 2.75) is 46.6 Å². The molecule has 4 rings (SSSR count). The fourth-order valence-electron chi connectivity index (χ4n) is 4.60. The maximum Gasteiger partial charge on any atom is 0.354 e. The van der Waals surface area contributed by atoms with Gasteiger partial charge in [0.25, 0.3) is 0 Å². The standard InChI is InChI=1S/C33H37N5O5/c1-5-43-32(41)29-19-23-18-25(14-15-27(23)36-29)34-31(40)28(16-20(2)3)37-30(39)17-22-10-12-24(13-11-22)35-33(42)38-26-9-7-6-8-21(26)4/h6-15,18-20,28,36H,5,16-17H2,1-4H3,(H,34,40)(H,37,39)(H2,35,38,42)/t28-/m0/s1. The molecular formula is C33H37N5O5. The van der Waals surface area contributed by atoms with Crippen molar-refractivity contribution in [3.63, 3.8) is 0 Å². The maximum atomic E-state index is 13.2. The van der Waals surface area contributed by atoms with Gasteiger partial charge in [-0.3, -0.25) is 9.59 Å². The number of urea groups is 1. The third kappa shape index (κ3) is 8.68. The van der Waals surface area contributed by atoms with E-state index in [4.69, 9.17) is 4.74 Å². The Balaban J connectivity index is 1.34. The van der Waals surface area contributed by atoms with Gasteiger partial charge in [-0.25, -0.2) is 9.59 Å². The Morgan fingerprint density at radius 1 is 0.860 bits per heavy atom. The predicted octanol–water partition coefficient (Wildman–Crippen LogP) is 6.01. The van der Waals surface area contributed by atoms with Crippen LogP contribution in [0.4, 0.5) is 21.9 Å². The normalized spacial score (nSPS) is 11.6. The van der Waals surface area contributed by atoms with E-state index >= 15 is 0 Å². The minimum atomic E-state index is -0.740. The largest absolute Gasteiger partial charge is 0.461 e. The van der Waals surface area contributed by atoms with Crippen molar-refractivity contribution < 1.29 is 23.9 Å². The van der Waals surface area contributed by atoms with Gasteiger partial charge in [0.2, 0.25) is 11.8 Å². The Morgan fingerprint density at radius 3 is 2.28 bits per heavy atom. The first kappa shape index (κ1) is 30.8. The second-order valence-corrected chi connectivity index (χ2v) is 10.7. The van der Waals surface area contributed by atoms with Crippen LogP contribution in [0, 0.1) is 12.8 Å². The van der Waals surface area contributed by atoms with Gasteiger partial charge in [-0.2, -0.15) is 0 Å². The SMILES string of the molecule is CCOC(=O)c1cc2cc(NC(=O)[C@H](CC(C)C)NC(=O)Cc3ccc(NC(=O)Nc4ccccc4C)cc3)ccc2[nH]1. The number of aromatic nitrogens is 1. The molecule has 0 saturated carbocycles. The smallest absolute Gasteiger partial charge is 0.354 e. The Kier molecular flexibility index (Phi) is 10.2. The summed E-state index contributed by atoms with van der Waals surface area (Å²) in [7, 11) is 0. The molecule has 3 aromatic carbocycles. The van der Waals surface area contributed by atoms with Gasteiger partial charge in [0.15, 0.2) is 0 Å². The molecule has 10 nitrogen and oxygen atoms in total. The van der Waals surface area contributed by atoms with E-state index in [9.17, 15) is 19.2 Å². The first-order chi connectivity index (χ1) is 20.6. The van der Waals surface area contributed by atoms with Gasteiger partial charge in [-0.15, -0.1) is 0 Å². The number of aryl methyl sites for hydroxylation is 1. The lowest BCUT2D eigenvalue weighted by Gasteiger charge is -2.20. The van der Waals surface area contributed by atoms with Crippen LogP contribution in [-0.4, -0.2) is 41.4 Å². The zero-order valence-electron chi connectivity index (χ0n) is 24.7. The van der Waals surface area contributed by atoms with Crippen molar-refractivity contribution in [1.29, 1.82) is 0 Å². The summed E-state index contributed by atoms with van der Waals surface area (Å²) in [5.74, 6) is -0.911. The molecule has 0 spiro atoms. The number of H-pyrrole nitrogens is 1. The average Bonchev–Trinajstić information content (AvgIpc) is 3.39. The molecule has 0 saturated heterocycles. The van der Waals surface area contributed by atoms with Gasteiger partial charge >= 0.3 is 12.0 Å². The number of carbonyl (C=O) groups excluding carboxylic acids is 4. The number of carbonyl (C=O) groups is 4. The van der Waals surface area contributed by atoms with Crippen molar-refractivity contribution in [3.05, 3.63) is 89.6 Å². The third-order valence-electron chi connectivity index (χ3n) is 6.71. The van der Waals surface area contributed by atoms with Crippen LogP contribution < -0.4 is 21.3 Å². The van der Waals surface area contributed by atoms with Gasteiger partial charge in [0.1, 0.15) is 11.7 Å². The van der Waals surface area contributed by atoms with Crippen LogP contribution in [0.3, 0.4) is 0 Å². The maximum absolute atomic E-state index is 13.2. The lowest BCUT2D eigenvalue weighted by Crippen LogP contribution is -2.45. The van der Waals surface area contributed by atoms with Gasteiger partial charge in [-0.05, 0) is 79.8 Å². The van der Waals surface area contributed by atoms with Crippen LogP contribution >= 0.6 is 0 Å². The van der Waals surface area contributed by atoms with E-state index in [1.807, 2.05) is 45.0 Å². The molecule has 1 atom stereocenters. The van der Waals surface area contributed by atoms with Crippen molar-refractivity contribution >= 4 is 51.8 Å². The molecule has 1 aromatic heterocycles. The minimum Gasteiger partial charge on any atom is -0.461 e. The Labute approximate surface area is 250 Å². The van der Waals surface area contributed by atoms with Gasteiger partial charge in [0.05, 0.1) is 13.0 Å². The zero-order valence-corrected chi connectivity index (χ0v) is 24.7. The molecule has 43 heavy (non-hydrogen) atoms. The molecule has 0 aliphatic heterocycles. The van der Waals surface area contributed by atoms with E-state index in [1.165, 1.54) is 0 Å². The summed E-state index contributed by atoms with van der Waals surface area (Å²) in [5.41, 5.74) is 4.61. The van der Waals surface area contributed by atoms with E-state index in [-0.39, 0.29) is 36.8 Å². The van der Waals surface area contributed by atoms with Gasteiger partial charge < -0.3 is 31.0 Å². The summed E-state index contributed by atoms with van der Waals surface area (Å²) in [5, 5.41) is 12.1. The molecule has 0 aliphatic carbocycles. The van der Waals surface area contributed by atoms with Crippen molar-refractivity contribution in [2.75, 3.05) is 22.6 Å². The quantitative estimate of drug-likeness (QED) is 0.138. The molecular weight excluding hydrogens is 546 g/mol. The highest BCUT2D eigenvalue weighted by atomic mass is 16.5. The molecule has 5 N–H and O–H groups in total. The number of ether oxygens (including phenoxy) is 1. The van der Waals surface area contributed by atoms with E-state index in [2.05, 4.69) is 26.3 Å². The van der Waals surface area contributed by atoms with E-state index in [1.54, 1.807) is 55.5 Å². The lowest BCUT2D eigenvalue weighted by atomic mass is 10.0. The monoisotopic (exact) mass is 583 g/mol. The van der Waals surface area contributed by atoms with Crippen molar-refractivity contribution in [3.8, 4) is 0 Å². The summed E-state index contributed by atoms with van der Waals surface area (Å²) in [6.07, 6.45) is 0.527. The van der Waals surface area contributed by atoms with Crippen molar-refractivity contribution in [1.82, 2.24) is 10.3 Å². The summed E-state index contributed by atoms with van der Waals surface area (Å²) in [6, 6.07) is 20.3. The average molecular weight is 584 g/mol. The molecule has 0 aliphatic rings. The molecule has 10 heteroatoms. The number of hydrogen-bond acceptors (Lipinski definition) is 5. The molecule has 0 unspecified atom stereocenters. The predicted molar refractivity (Wildman–Crippen MR) is 168 cm³/mol. The van der Waals surface area contributed by atoms with Crippen LogP contribution in [0.15, 0.2) is 72.8 Å². The van der Waals surface area contributed by atoms with Gasteiger partial charge in [-0.1, -0.05) is 44.2 Å². The number of aromatic amines is 1. The van der Waals surface area contributed by atoms with Crippen LogP contribution in [0.5, 0.6) is 0 Å². The fraction of sp³-hybridized carbons (Fsp3) is 0.273. The van der Waals surface area contributed by atoms with Crippen LogP contribution in [0.1, 0.15) is 48.8 Å². The number of fused-ring (bicyclic) bond motifs is 1. The third-order valence-corrected chi connectivity index (χ3v) is 6.71. The Morgan fingerprint density at radius 2 is 1.58 bits per heavy atom. The van der Waals surface area contributed by atoms with Crippen LogP contribution in [0.25, 0.3) is 10.9 Å². The number of anilines is 3. The number of amides is 4. The molecule has 0 radical (unpaired) electrons. The minimum absolute atomic E-state index is 0.0729. The number of para-hydroxylation sites is 1. The van der Waals surface area contributed by atoms with E-state index < -0.39 is 12.0 Å². The summed E-state index contributed by atoms with van der Waals surface area (Å²) < 4.78 is 5.05. The molecule has 0 fully saturated rings. The summed E-state index contributed by atoms with van der Waals surface area (Å²) in [4.78, 5) is 53.6. The van der Waals surface area contributed by atoms with Crippen molar-refractivity contribution in [2.24, 2.45) is 5.92 Å². The molecule has 0 bridgehead atoms. The van der Waals surface area contributed by atoms with E-state index in [0.29, 0.717) is 23.5 Å². The molecule has 4 amide bonds. The van der Waals surface area contributed by atoms with E-state index in [0.717, 1.165) is 27.7 Å². The number of nitrogens with one attached hydrogen (secondary N) is 5. The van der Waals surface area contributed by atoms with Crippen LogP contribution in [-0.2, 0) is 20.7 Å². The highest BCUT2D eigenvalue weighted by Gasteiger charge is 2.22. The molecule has 4 aromatic rings. The highest BCUT2D eigenvalue weighted by molar-refractivity contribution is 6.01.